The summed E-state index contributed by atoms with van der Waals surface area (Å²) in [5.74, 6) is 1.31. The summed E-state index contributed by atoms with van der Waals surface area (Å²) in [7, 11) is 0. The van der Waals surface area contributed by atoms with E-state index in [4.69, 9.17) is 0 Å². The number of rotatable bonds is 4. The summed E-state index contributed by atoms with van der Waals surface area (Å²) >= 11 is 3.60. The molecule has 2 fully saturated rings. The zero-order valence-electron chi connectivity index (χ0n) is 12.2. The van der Waals surface area contributed by atoms with Gasteiger partial charge in [0.15, 0.2) is 0 Å². The monoisotopic (exact) mass is 337 g/mol. The van der Waals surface area contributed by atoms with Crippen molar-refractivity contribution in [3.05, 3.63) is 33.8 Å². The Hall–Kier alpha value is -0.380. The van der Waals surface area contributed by atoms with E-state index in [1.807, 2.05) is 0 Å². The van der Waals surface area contributed by atoms with E-state index in [0.29, 0.717) is 5.92 Å². The van der Waals surface area contributed by atoms with Crippen LogP contribution in [0.3, 0.4) is 0 Å². The normalized spacial score (nSPS) is 25.6. The van der Waals surface area contributed by atoms with Gasteiger partial charge in [-0.05, 0) is 67.3 Å². The van der Waals surface area contributed by atoms with Crippen LogP contribution in [0.1, 0.15) is 49.8 Å². The largest absolute Gasteiger partial charge is 0.388 e. The van der Waals surface area contributed by atoms with E-state index in [1.165, 1.54) is 44.3 Å². The fourth-order valence-corrected chi connectivity index (χ4v) is 3.87. The molecule has 1 aliphatic carbocycles. The molecule has 1 unspecified atom stereocenters. The van der Waals surface area contributed by atoms with Crippen LogP contribution < -0.4 is 0 Å². The molecule has 1 saturated heterocycles. The van der Waals surface area contributed by atoms with Crippen LogP contribution in [0.5, 0.6) is 0 Å². The van der Waals surface area contributed by atoms with Crippen molar-refractivity contribution in [2.24, 2.45) is 11.8 Å². The van der Waals surface area contributed by atoms with Crippen molar-refractivity contribution in [2.75, 3.05) is 13.1 Å². The van der Waals surface area contributed by atoms with Crippen molar-refractivity contribution in [2.45, 2.75) is 45.3 Å². The average Bonchev–Trinajstić information content (AvgIpc) is 3.21. The first kappa shape index (κ1) is 14.6. The standard InChI is InChI=1S/C17H24BrNO/c1-12-3-2-6-19(10-12)11-13-7-15(9-16(18)8-13)17(20)14-4-5-14/h7-9,12,14,17,20H,2-6,10-11H2,1H3/t12-,17?/m0/s1. The third-order valence-corrected chi connectivity index (χ3v) is 5.00. The molecule has 0 aromatic heterocycles. The lowest BCUT2D eigenvalue weighted by Gasteiger charge is -2.31. The molecule has 1 aromatic carbocycles. The number of aliphatic hydroxyl groups is 1. The number of likely N-dealkylation sites (tertiary alicyclic amines) is 1. The van der Waals surface area contributed by atoms with Crippen molar-refractivity contribution >= 4 is 15.9 Å². The van der Waals surface area contributed by atoms with Crippen molar-refractivity contribution in [1.82, 2.24) is 4.90 Å². The average molecular weight is 338 g/mol. The van der Waals surface area contributed by atoms with Gasteiger partial charge in [-0.3, -0.25) is 4.90 Å². The van der Waals surface area contributed by atoms with Gasteiger partial charge in [-0.25, -0.2) is 0 Å². The molecule has 3 heteroatoms. The third-order valence-electron chi connectivity index (χ3n) is 4.54. The molecular weight excluding hydrogens is 314 g/mol. The molecule has 2 nitrogen and oxygen atoms in total. The topological polar surface area (TPSA) is 23.5 Å². The Morgan fingerprint density at radius 3 is 2.80 bits per heavy atom. The Morgan fingerprint density at radius 2 is 2.10 bits per heavy atom. The van der Waals surface area contributed by atoms with Gasteiger partial charge < -0.3 is 5.11 Å². The van der Waals surface area contributed by atoms with Crippen LogP contribution in [0.15, 0.2) is 22.7 Å². The van der Waals surface area contributed by atoms with Crippen molar-refractivity contribution in [1.29, 1.82) is 0 Å². The van der Waals surface area contributed by atoms with E-state index in [1.54, 1.807) is 0 Å². The molecule has 2 aliphatic rings. The van der Waals surface area contributed by atoms with E-state index < -0.39 is 0 Å². The molecule has 3 rings (SSSR count). The number of aliphatic hydroxyl groups excluding tert-OH is 1. The highest BCUT2D eigenvalue weighted by Crippen LogP contribution is 2.41. The molecule has 0 spiro atoms. The van der Waals surface area contributed by atoms with Gasteiger partial charge in [0.1, 0.15) is 0 Å². The zero-order valence-corrected chi connectivity index (χ0v) is 13.8. The highest BCUT2D eigenvalue weighted by atomic mass is 79.9. The number of benzene rings is 1. The van der Waals surface area contributed by atoms with E-state index in [-0.39, 0.29) is 6.10 Å². The summed E-state index contributed by atoms with van der Waals surface area (Å²) in [4.78, 5) is 2.54. The molecule has 110 valence electrons. The van der Waals surface area contributed by atoms with Crippen LogP contribution in [0, 0.1) is 11.8 Å². The van der Waals surface area contributed by atoms with Gasteiger partial charge in [-0.1, -0.05) is 28.9 Å². The lowest BCUT2D eigenvalue weighted by Crippen LogP contribution is -2.33. The van der Waals surface area contributed by atoms with Gasteiger partial charge in [0, 0.05) is 17.6 Å². The summed E-state index contributed by atoms with van der Waals surface area (Å²) < 4.78 is 1.09. The summed E-state index contributed by atoms with van der Waals surface area (Å²) in [5, 5.41) is 10.3. The first-order valence-electron chi connectivity index (χ1n) is 7.81. The lowest BCUT2D eigenvalue weighted by molar-refractivity contribution is 0.153. The van der Waals surface area contributed by atoms with Crippen LogP contribution in [-0.4, -0.2) is 23.1 Å². The lowest BCUT2D eigenvalue weighted by atomic mass is 9.98. The molecule has 0 amide bonds. The molecule has 0 radical (unpaired) electrons. The van der Waals surface area contributed by atoms with Gasteiger partial charge >= 0.3 is 0 Å². The molecule has 1 N–H and O–H groups in total. The summed E-state index contributed by atoms with van der Waals surface area (Å²) in [6.45, 7) is 5.76. The Morgan fingerprint density at radius 1 is 1.30 bits per heavy atom. The van der Waals surface area contributed by atoms with Gasteiger partial charge in [0.2, 0.25) is 0 Å². The highest BCUT2D eigenvalue weighted by molar-refractivity contribution is 9.10. The minimum absolute atomic E-state index is 0.272. The zero-order chi connectivity index (χ0) is 14.1. The van der Waals surface area contributed by atoms with Gasteiger partial charge in [0.25, 0.3) is 0 Å². The second kappa shape index (κ2) is 6.17. The van der Waals surface area contributed by atoms with Gasteiger partial charge in [-0.15, -0.1) is 0 Å². The number of hydrogen-bond acceptors (Lipinski definition) is 2. The van der Waals surface area contributed by atoms with E-state index in [9.17, 15) is 5.11 Å². The Balaban J connectivity index is 1.72. The fourth-order valence-electron chi connectivity index (χ4n) is 3.31. The molecule has 2 atom stereocenters. The van der Waals surface area contributed by atoms with Crippen LogP contribution in [-0.2, 0) is 6.54 Å². The minimum atomic E-state index is -0.272. The molecule has 1 aliphatic heterocycles. The van der Waals surface area contributed by atoms with E-state index in [0.717, 1.165) is 22.5 Å². The maximum Gasteiger partial charge on any atom is 0.0818 e. The number of hydrogen-bond donors (Lipinski definition) is 1. The van der Waals surface area contributed by atoms with Crippen LogP contribution in [0.4, 0.5) is 0 Å². The highest BCUT2D eigenvalue weighted by Gasteiger charge is 2.31. The molecule has 20 heavy (non-hydrogen) atoms. The maximum absolute atomic E-state index is 10.3. The van der Waals surface area contributed by atoms with Crippen LogP contribution in [0.2, 0.25) is 0 Å². The fraction of sp³-hybridized carbons (Fsp3) is 0.647. The Bertz CT molecular complexity index is 472. The summed E-state index contributed by atoms with van der Waals surface area (Å²) in [5.41, 5.74) is 2.41. The van der Waals surface area contributed by atoms with Crippen LogP contribution in [0.25, 0.3) is 0 Å². The molecule has 1 heterocycles. The van der Waals surface area contributed by atoms with Crippen molar-refractivity contribution < 1.29 is 5.11 Å². The SMILES string of the molecule is C[C@H]1CCCN(Cc2cc(Br)cc(C(O)C3CC3)c2)C1. The predicted molar refractivity (Wildman–Crippen MR) is 85.5 cm³/mol. The van der Waals surface area contributed by atoms with Crippen molar-refractivity contribution in [3.63, 3.8) is 0 Å². The molecular formula is C17H24BrNO. The van der Waals surface area contributed by atoms with Gasteiger partial charge in [0.05, 0.1) is 6.10 Å². The third kappa shape index (κ3) is 3.63. The number of halogens is 1. The molecule has 0 bridgehead atoms. The maximum atomic E-state index is 10.3. The Kier molecular flexibility index (Phi) is 4.49. The van der Waals surface area contributed by atoms with E-state index >= 15 is 0 Å². The Labute approximate surface area is 130 Å². The predicted octanol–water partition coefficient (Wildman–Crippen LogP) is 4.12. The van der Waals surface area contributed by atoms with Gasteiger partial charge in [-0.2, -0.15) is 0 Å². The molecule has 1 aromatic rings. The summed E-state index contributed by atoms with van der Waals surface area (Å²) in [6, 6.07) is 6.47. The minimum Gasteiger partial charge on any atom is -0.388 e. The van der Waals surface area contributed by atoms with E-state index in [2.05, 4.69) is 46.0 Å². The number of nitrogens with zero attached hydrogens (tertiary/aromatic N) is 1. The first-order chi connectivity index (χ1) is 9.61. The number of piperidine rings is 1. The van der Waals surface area contributed by atoms with Crippen molar-refractivity contribution in [3.8, 4) is 0 Å². The summed E-state index contributed by atoms with van der Waals surface area (Å²) in [6.07, 6.45) is 4.75. The molecule has 1 saturated carbocycles. The second-order valence-corrected chi connectivity index (χ2v) is 7.57. The first-order valence-corrected chi connectivity index (χ1v) is 8.61. The second-order valence-electron chi connectivity index (χ2n) is 6.66. The van der Waals surface area contributed by atoms with Crippen LogP contribution >= 0.6 is 15.9 Å². The quantitative estimate of drug-likeness (QED) is 0.893. The smallest absolute Gasteiger partial charge is 0.0818 e.